The first-order chi connectivity index (χ1) is 14.8. The molecule has 0 bridgehead atoms. The fourth-order valence-corrected chi connectivity index (χ4v) is 5.49. The number of hydrogen-bond donors (Lipinski definition) is 0. The fourth-order valence-electron chi connectivity index (χ4n) is 3.86. The monoisotopic (exact) mass is 463 g/mol. The third-order valence-electron chi connectivity index (χ3n) is 5.49. The zero-order valence-corrected chi connectivity index (χ0v) is 18.5. The van der Waals surface area contributed by atoms with E-state index in [4.69, 9.17) is 16.3 Å². The number of imide groups is 1. The van der Waals surface area contributed by atoms with Crippen LogP contribution in [-0.2, 0) is 19.6 Å². The molecule has 2 aliphatic rings. The molecule has 0 aromatic heterocycles. The average molecular weight is 464 g/mol. The molecule has 164 valence electrons. The number of hydrogen-bond acceptors (Lipinski definition) is 6. The van der Waals surface area contributed by atoms with Crippen LogP contribution in [0.4, 0.5) is 11.4 Å². The van der Waals surface area contributed by atoms with Gasteiger partial charge in [0.2, 0.25) is 21.8 Å². The van der Waals surface area contributed by atoms with Gasteiger partial charge in [-0.1, -0.05) is 17.7 Å². The Kier molecular flexibility index (Phi) is 5.92. The lowest BCUT2D eigenvalue weighted by atomic mass is 10.2. The Morgan fingerprint density at radius 3 is 2.23 bits per heavy atom. The molecule has 8 nitrogen and oxygen atoms in total. The predicted octanol–water partition coefficient (Wildman–Crippen LogP) is 2.51. The maximum atomic E-state index is 13.3. The molecule has 31 heavy (non-hydrogen) atoms. The van der Waals surface area contributed by atoms with Crippen molar-refractivity contribution in [2.24, 2.45) is 0 Å². The number of ether oxygens (including phenoxy) is 1. The smallest absolute Gasteiger partial charge is 0.243 e. The van der Waals surface area contributed by atoms with Crippen molar-refractivity contribution >= 4 is 44.8 Å². The van der Waals surface area contributed by atoms with E-state index in [1.54, 1.807) is 6.07 Å². The highest BCUT2D eigenvalue weighted by atomic mass is 35.5. The normalized spacial score (nSPS) is 18.0. The van der Waals surface area contributed by atoms with Crippen LogP contribution < -0.4 is 14.5 Å². The zero-order valence-electron chi connectivity index (χ0n) is 17.0. The largest absolute Gasteiger partial charge is 0.495 e. The van der Waals surface area contributed by atoms with Crippen molar-refractivity contribution in [3.8, 4) is 5.75 Å². The van der Waals surface area contributed by atoms with Gasteiger partial charge in [-0.25, -0.2) is 13.3 Å². The lowest BCUT2D eigenvalue weighted by Gasteiger charge is -2.35. The van der Waals surface area contributed by atoms with Gasteiger partial charge < -0.3 is 9.64 Å². The Morgan fingerprint density at radius 2 is 1.61 bits per heavy atom. The molecule has 10 heteroatoms. The lowest BCUT2D eigenvalue weighted by molar-refractivity contribution is -0.121. The number of anilines is 2. The molecule has 4 rings (SSSR count). The first kappa shape index (κ1) is 21.6. The van der Waals surface area contributed by atoms with Crippen LogP contribution in [0.3, 0.4) is 0 Å². The zero-order chi connectivity index (χ0) is 22.2. The lowest BCUT2D eigenvalue weighted by Crippen LogP contribution is -2.48. The van der Waals surface area contributed by atoms with E-state index in [2.05, 4.69) is 4.90 Å². The standard InChI is InChI=1S/C21H22ClN3O5S/c1-30-19-6-5-17(14-18(19)25-20(26)7-8-21(25)27)31(28,29)24-11-9-23(10-12-24)16-4-2-3-15(22)13-16/h2-6,13-14H,7-12H2,1H3. The number of rotatable bonds is 5. The van der Waals surface area contributed by atoms with E-state index in [1.807, 2.05) is 18.2 Å². The number of amides is 2. The molecule has 0 atom stereocenters. The van der Waals surface area contributed by atoms with Crippen molar-refractivity contribution in [2.75, 3.05) is 43.1 Å². The van der Waals surface area contributed by atoms with Crippen LogP contribution in [0.25, 0.3) is 0 Å². The average Bonchev–Trinajstić information content (AvgIpc) is 3.11. The second kappa shape index (κ2) is 8.49. The summed E-state index contributed by atoms with van der Waals surface area (Å²) in [5.41, 5.74) is 1.11. The number of carbonyl (C=O) groups is 2. The summed E-state index contributed by atoms with van der Waals surface area (Å²) in [7, 11) is -2.40. The molecule has 2 amide bonds. The molecule has 0 N–H and O–H groups in total. The van der Waals surface area contributed by atoms with Crippen LogP contribution in [0.1, 0.15) is 12.8 Å². The SMILES string of the molecule is COc1ccc(S(=O)(=O)N2CCN(c3cccc(Cl)c3)CC2)cc1N1C(=O)CCC1=O. The molecule has 2 aromatic carbocycles. The van der Waals surface area contributed by atoms with Crippen LogP contribution in [0, 0.1) is 0 Å². The van der Waals surface area contributed by atoms with Crippen molar-refractivity contribution < 1.29 is 22.7 Å². The Morgan fingerprint density at radius 1 is 0.935 bits per heavy atom. The molecular formula is C21H22ClN3O5S. The number of methoxy groups -OCH3 is 1. The van der Waals surface area contributed by atoms with Gasteiger partial charge in [0.05, 0.1) is 17.7 Å². The molecule has 0 unspecified atom stereocenters. The van der Waals surface area contributed by atoms with Crippen LogP contribution >= 0.6 is 11.6 Å². The molecule has 2 fully saturated rings. The summed E-state index contributed by atoms with van der Waals surface area (Å²) in [5.74, 6) is -0.464. The Bertz CT molecular complexity index is 1110. The molecule has 0 radical (unpaired) electrons. The second-order valence-electron chi connectivity index (χ2n) is 7.33. The number of carbonyl (C=O) groups excluding carboxylic acids is 2. The van der Waals surface area contributed by atoms with Crippen molar-refractivity contribution in [3.05, 3.63) is 47.5 Å². The first-order valence-electron chi connectivity index (χ1n) is 9.86. The van der Waals surface area contributed by atoms with E-state index in [1.165, 1.54) is 29.6 Å². The topological polar surface area (TPSA) is 87.2 Å². The van der Waals surface area contributed by atoms with Gasteiger partial charge in [0.25, 0.3) is 0 Å². The van der Waals surface area contributed by atoms with Gasteiger partial charge in [0.15, 0.2) is 0 Å². The van der Waals surface area contributed by atoms with Gasteiger partial charge in [-0.2, -0.15) is 4.31 Å². The highest BCUT2D eigenvalue weighted by Crippen LogP contribution is 2.35. The molecule has 2 aromatic rings. The minimum Gasteiger partial charge on any atom is -0.495 e. The minimum absolute atomic E-state index is 0.0204. The third kappa shape index (κ3) is 4.13. The van der Waals surface area contributed by atoms with Crippen molar-refractivity contribution in [2.45, 2.75) is 17.7 Å². The Hall–Kier alpha value is -2.62. The molecule has 2 saturated heterocycles. The molecule has 0 aliphatic carbocycles. The van der Waals surface area contributed by atoms with E-state index >= 15 is 0 Å². The summed E-state index contributed by atoms with van der Waals surface area (Å²) in [6.45, 7) is 1.65. The molecular weight excluding hydrogens is 442 g/mol. The second-order valence-corrected chi connectivity index (χ2v) is 9.70. The van der Waals surface area contributed by atoms with E-state index in [0.717, 1.165) is 10.6 Å². The quantitative estimate of drug-likeness (QED) is 0.633. The summed E-state index contributed by atoms with van der Waals surface area (Å²) in [6, 6.07) is 11.7. The first-order valence-corrected chi connectivity index (χ1v) is 11.7. The van der Waals surface area contributed by atoms with Gasteiger partial charge in [-0.3, -0.25) is 9.59 Å². The van der Waals surface area contributed by atoms with Gasteiger partial charge in [-0.05, 0) is 36.4 Å². The van der Waals surface area contributed by atoms with E-state index in [9.17, 15) is 18.0 Å². The van der Waals surface area contributed by atoms with Crippen molar-refractivity contribution in [1.82, 2.24) is 4.31 Å². The number of benzene rings is 2. The number of piperazine rings is 1. The van der Waals surface area contributed by atoms with E-state index < -0.39 is 10.0 Å². The number of sulfonamides is 1. The predicted molar refractivity (Wildman–Crippen MR) is 117 cm³/mol. The molecule has 2 aliphatic heterocycles. The summed E-state index contributed by atoms with van der Waals surface area (Å²) >= 11 is 6.06. The highest BCUT2D eigenvalue weighted by Gasteiger charge is 2.35. The van der Waals surface area contributed by atoms with Gasteiger partial charge in [0.1, 0.15) is 5.75 Å². The van der Waals surface area contributed by atoms with Gasteiger partial charge in [-0.15, -0.1) is 0 Å². The van der Waals surface area contributed by atoms with Crippen molar-refractivity contribution in [3.63, 3.8) is 0 Å². The number of nitrogens with zero attached hydrogens (tertiary/aromatic N) is 3. The number of halogens is 1. The third-order valence-corrected chi connectivity index (χ3v) is 7.62. The van der Waals surface area contributed by atoms with Gasteiger partial charge >= 0.3 is 0 Å². The van der Waals surface area contributed by atoms with Crippen LogP contribution in [0.5, 0.6) is 5.75 Å². The molecule has 0 spiro atoms. The maximum absolute atomic E-state index is 13.3. The summed E-state index contributed by atoms with van der Waals surface area (Å²) in [6.07, 6.45) is 0.203. The molecule has 0 saturated carbocycles. The maximum Gasteiger partial charge on any atom is 0.243 e. The highest BCUT2D eigenvalue weighted by molar-refractivity contribution is 7.89. The summed E-state index contributed by atoms with van der Waals surface area (Å²) < 4.78 is 33.2. The van der Waals surface area contributed by atoms with Crippen LogP contribution in [-0.4, -0.2) is 57.8 Å². The van der Waals surface area contributed by atoms with Crippen molar-refractivity contribution in [1.29, 1.82) is 0 Å². The van der Waals surface area contributed by atoms with Gasteiger partial charge in [0, 0.05) is 49.7 Å². The van der Waals surface area contributed by atoms with E-state index in [0.29, 0.717) is 31.2 Å². The molecule has 2 heterocycles. The van der Waals surface area contributed by atoms with Crippen LogP contribution in [0.2, 0.25) is 5.02 Å². The Balaban J connectivity index is 1.57. The minimum atomic E-state index is -3.81. The Labute approximate surface area is 186 Å². The van der Waals surface area contributed by atoms with E-state index in [-0.39, 0.29) is 41.0 Å². The summed E-state index contributed by atoms with van der Waals surface area (Å²) in [5, 5.41) is 0.629. The van der Waals surface area contributed by atoms with Crippen LogP contribution in [0.15, 0.2) is 47.4 Å². The summed E-state index contributed by atoms with van der Waals surface area (Å²) in [4.78, 5) is 27.5. The fraction of sp³-hybridized carbons (Fsp3) is 0.333.